The lowest BCUT2D eigenvalue weighted by Gasteiger charge is -2.25. The van der Waals surface area contributed by atoms with Crippen molar-refractivity contribution in [2.45, 2.75) is 12.7 Å². The maximum atomic E-state index is 4.73. The Balaban J connectivity index is 1.61. The number of hydrogen-bond donors (Lipinski definition) is 0. The minimum Gasteiger partial charge on any atom is -0.332 e. The fourth-order valence-electron chi connectivity index (χ4n) is 3.09. The van der Waals surface area contributed by atoms with Gasteiger partial charge >= 0.3 is 0 Å². The highest BCUT2D eigenvalue weighted by atomic mass is 15.6. The number of hydrazone groups is 1. The van der Waals surface area contributed by atoms with Crippen LogP contribution in [0.1, 0.15) is 11.1 Å². The highest BCUT2D eigenvalue weighted by Crippen LogP contribution is 2.23. The van der Waals surface area contributed by atoms with Crippen LogP contribution in [0, 0.1) is 0 Å². The van der Waals surface area contributed by atoms with Gasteiger partial charge in [-0.2, -0.15) is 10.2 Å². The summed E-state index contributed by atoms with van der Waals surface area (Å²) >= 11 is 0. The second-order valence-electron chi connectivity index (χ2n) is 6.12. The van der Waals surface area contributed by atoms with E-state index in [4.69, 9.17) is 5.10 Å². The Morgan fingerprint density at radius 3 is 2.92 bits per heavy atom. The maximum absolute atomic E-state index is 4.73. The van der Waals surface area contributed by atoms with Gasteiger partial charge in [0.15, 0.2) is 5.84 Å². The largest absolute Gasteiger partial charge is 0.332 e. The van der Waals surface area contributed by atoms with Crippen LogP contribution >= 0.6 is 0 Å². The number of nitrogens with zero attached hydrogens (tertiary/aromatic N) is 6. The monoisotopic (exact) mass is 344 g/mol. The zero-order valence-corrected chi connectivity index (χ0v) is 14.6. The van der Waals surface area contributed by atoms with Crippen molar-refractivity contribution in [1.82, 2.24) is 14.6 Å². The average molecular weight is 344 g/mol. The van der Waals surface area contributed by atoms with Crippen LogP contribution in [-0.2, 0) is 6.54 Å². The van der Waals surface area contributed by atoms with Gasteiger partial charge in [0.2, 0.25) is 0 Å². The summed E-state index contributed by atoms with van der Waals surface area (Å²) in [6.07, 6.45) is 10.1. The molecule has 1 aromatic heterocycles. The molecule has 6 heteroatoms. The van der Waals surface area contributed by atoms with Crippen molar-refractivity contribution in [3.8, 4) is 0 Å². The minimum atomic E-state index is 0.144. The van der Waals surface area contributed by atoms with Gasteiger partial charge in [0, 0.05) is 31.7 Å². The molecular weight excluding hydrogens is 324 g/mol. The van der Waals surface area contributed by atoms with Crippen molar-refractivity contribution in [2.75, 3.05) is 7.05 Å². The van der Waals surface area contributed by atoms with E-state index in [9.17, 15) is 0 Å². The number of allylic oxidation sites excluding steroid dienone is 2. The maximum Gasteiger partial charge on any atom is 0.158 e. The Labute approximate surface area is 152 Å². The van der Waals surface area contributed by atoms with E-state index in [0.717, 1.165) is 22.5 Å². The first-order chi connectivity index (χ1) is 12.8. The Hall–Kier alpha value is -3.41. The quantitative estimate of drug-likeness (QED) is 0.800. The summed E-state index contributed by atoms with van der Waals surface area (Å²) in [4.78, 5) is 6.82. The van der Waals surface area contributed by atoms with E-state index in [-0.39, 0.29) is 6.17 Å². The summed E-state index contributed by atoms with van der Waals surface area (Å²) in [5.74, 6) is 0.954. The van der Waals surface area contributed by atoms with Crippen molar-refractivity contribution in [1.29, 1.82) is 0 Å². The fraction of sp³-hybridized carbons (Fsp3) is 0.150. The van der Waals surface area contributed by atoms with Crippen LogP contribution in [0.5, 0.6) is 0 Å². The van der Waals surface area contributed by atoms with Gasteiger partial charge in [-0.25, -0.2) is 9.69 Å². The van der Waals surface area contributed by atoms with Gasteiger partial charge < -0.3 is 4.90 Å². The van der Waals surface area contributed by atoms with Crippen LogP contribution in [0.25, 0.3) is 0 Å². The molecule has 0 bridgehead atoms. The first-order valence-corrected chi connectivity index (χ1v) is 8.45. The molecule has 0 N–H and O–H groups in total. The molecule has 26 heavy (non-hydrogen) atoms. The molecule has 1 atom stereocenters. The predicted molar refractivity (Wildman–Crippen MR) is 103 cm³/mol. The van der Waals surface area contributed by atoms with Crippen LogP contribution in [0.2, 0.25) is 0 Å². The summed E-state index contributed by atoms with van der Waals surface area (Å²) in [5.41, 5.74) is 2.98. The molecular formula is C20H20N6. The number of likely N-dealkylation sites (N-methyl/N-ethyl adjacent to an activating group) is 1. The molecule has 1 aromatic carbocycles. The molecule has 2 aliphatic heterocycles. The molecule has 3 heterocycles. The van der Waals surface area contributed by atoms with Crippen LogP contribution < -0.4 is 5.49 Å². The summed E-state index contributed by atoms with van der Waals surface area (Å²) < 4.78 is 1.66. The molecule has 2 aliphatic rings. The lowest BCUT2D eigenvalue weighted by Crippen LogP contribution is -2.36. The Bertz CT molecular complexity index is 982. The van der Waals surface area contributed by atoms with Gasteiger partial charge in [-0.1, -0.05) is 30.3 Å². The van der Waals surface area contributed by atoms with E-state index in [0.29, 0.717) is 6.54 Å². The number of hydrogen-bond acceptors (Lipinski definition) is 5. The molecule has 6 nitrogen and oxygen atoms in total. The highest BCUT2D eigenvalue weighted by molar-refractivity contribution is 5.99. The lowest BCUT2D eigenvalue weighted by atomic mass is 10.1. The SMILES string of the molecule is C=Nn1ccccc1=NCc1cccc(C2=NN3C=CC=CC3N2C)c1. The smallest absolute Gasteiger partial charge is 0.158 e. The molecule has 0 amide bonds. The summed E-state index contributed by atoms with van der Waals surface area (Å²) in [6.45, 7) is 4.14. The standard InChI is InChI=1S/C20H20N6/c1-21-25-12-5-3-10-18(25)22-15-16-8-7-9-17(14-16)20-23-26-13-6-4-11-19(26)24(20)2/h3-14,19H,1,15H2,2H3. The van der Waals surface area contributed by atoms with Crippen molar-refractivity contribution in [3.63, 3.8) is 0 Å². The first kappa shape index (κ1) is 16.1. The second-order valence-corrected chi connectivity index (χ2v) is 6.12. The Kier molecular flexibility index (Phi) is 4.23. The van der Waals surface area contributed by atoms with E-state index in [2.05, 4.69) is 53.0 Å². The van der Waals surface area contributed by atoms with Crippen LogP contribution in [0.4, 0.5) is 0 Å². The Morgan fingerprint density at radius 1 is 1.15 bits per heavy atom. The van der Waals surface area contributed by atoms with E-state index < -0.39 is 0 Å². The molecule has 0 saturated heterocycles. The molecule has 0 spiro atoms. The molecule has 4 rings (SSSR count). The third-order valence-electron chi connectivity index (χ3n) is 4.42. The molecule has 0 radical (unpaired) electrons. The number of benzene rings is 1. The average Bonchev–Trinajstić information content (AvgIpc) is 3.04. The summed E-state index contributed by atoms with van der Waals surface area (Å²) in [7, 11) is 2.06. The summed E-state index contributed by atoms with van der Waals surface area (Å²) in [6, 6.07) is 14.1. The zero-order chi connectivity index (χ0) is 17.9. The normalized spacial score (nSPS) is 18.9. The zero-order valence-electron chi connectivity index (χ0n) is 14.6. The van der Waals surface area contributed by atoms with E-state index in [1.807, 2.05) is 53.8 Å². The number of fused-ring (bicyclic) bond motifs is 1. The van der Waals surface area contributed by atoms with E-state index in [1.165, 1.54) is 0 Å². The lowest BCUT2D eigenvalue weighted by molar-refractivity contribution is 0.252. The summed E-state index contributed by atoms with van der Waals surface area (Å²) in [5, 5.41) is 10.6. The molecule has 130 valence electrons. The van der Waals surface area contributed by atoms with E-state index in [1.54, 1.807) is 4.68 Å². The second kappa shape index (κ2) is 6.84. The van der Waals surface area contributed by atoms with Gasteiger partial charge in [0.25, 0.3) is 0 Å². The molecule has 0 saturated carbocycles. The highest BCUT2D eigenvalue weighted by Gasteiger charge is 2.29. The molecule has 2 aromatic rings. The first-order valence-electron chi connectivity index (χ1n) is 8.45. The van der Waals surface area contributed by atoms with Gasteiger partial charge in [-0.3, -0.25) is 4.99 Å². The number of amidine groups is 1. The van der Waals surface area contributed by atoms with Crippen molar-refractivity contribution in [2.24, 2.45) is 15.2 Å². The van der Waals surface area contributed by atoms with Gasteiger partial charge in [-0.05, 0) is 35.9 Å². The van der Waals surface area contributed by atoms with Gasteiger partial charge in [0.05, 0.1) is 6.54 Å². The van der Waals surface area contributed by atoms with Crippen molar-refractivity contribution < 1.29 is 0 Å². The van der Waals surface area contributed by atoms with Crippen LogP contribution in [-0.4, -0.2) is 40.4 Å². The van der Waals surface area contributed by atoms with Gasteiger partial charge in [0.1, 0.15) is 11.7 Å². The fourth-order valence-corrected chi connectivity index (χ4v) is 3.09. The molecule has 0 aliphatic carbocycles. The van der Waals surface area contributed by atoms with Crippen LogP contribution in [0.15, 0.2) is 88.3 Å². The van der Waals surface area contributed by atoms with Crippen molar-refractivity contribution >= 4 is 12.6 Å². The predicted octanol–water partition coefficient (Wildman–Crippen LogP) is 2.37. The molecule has 1 unspecified atom stereocenters. The number of rotatable bonds is 4. The molecule has 0 fully saturated rings. The topological polar surface area (TPSA) is 48.5 Å². The van der Waals surface area contributed by atoms with Crippen molar-refractivity contribution in [3.05, 3.63) is 89.7 Å². The number of aromatic nitrogens is 1. The third-order valence-corrected chi connectivity index (χ3v) is 4.42. The Morgan fingerprint density at radius 2 is 2.08 bits per heavy atom. The minimum absolute atomic E-state index is 0.144. The van der Waals surface area contributed by atoms with Crippen LogP contribution in [0.3, 0.4) is 0 Å². The number of pyridine rings is 1. The third kappa shape index (κ3) is 2.97. The van der Waals surface area contributed by atoms with E-state index >= 15 is 0 Å². The van der Waals surface area contributed by atoms with Gasteiger partial charge in [-0.15, -0.1) is 0 Å².